The smallest absolute Gasteiger partial charge is 0.413 e. The van der Waals surface area contributed by atoms with Crippen LogP contribution < -0.4 is 16.0 Å². The van der Waals surface area contributed by atoms with E-state index >= 15 is 0 Å². The number of nitrogens with one attached hydrogen (secondary N) is 3. The van der Waals surface area contributed by atoms with Crippen molar-refractivity contribution >= 4 is 50.9 Å². The van der Waals surface area contributed by atoms with Crippen LogP contribution in [0.2, 0.25) is 0 Å². The summed E-state index contributed by atoms with van der Waals surface area (Å²) in [5.41, 5.74) is 1.57. The van der Waals surface area contributed by atoms with Gasteiger partial charge in [-0.2, -0.15) is 0 Å². The first-order chi connectivity index (χ1) is 18.0. The predicted octanol–water partition coefficient (Wildman–Crippen LogP) is 5.14. The Morgan fingerprint density at radius 2 is 1.72 bits per heavy atom. The molecule has 0 unspecified atom stereocenters. The van der Waals surface area contributed by atoms with Gasteiger partial charge in [0.05, 0.1) is 0 Å². The minimum atomic E-state index is -0.668. The zero-order valence-corrected chi connectivity index (χ0v) is 25.4. The highest BCUT2D eigenvalue weighted by molar-refractivity contribution is 8.77. The lowest BCUT2D eigenvalue weighted by Gasteiger charge is -2.22. The van der Waals surface area contributed by atoms with Crippen LogP contribution in [0.15, 0.2) is 49.5 Å². The van der Waals surface area contributed by atoms with Gasteiger partial charge in [-0.25, -0.2) is 9.78 Å². The van der Waals surface area contributed by atoms with Gasteiger partial charge in [0, 0.05) is 43.5 Å². The van der Waals surface area contributed by atoms with Crippen LogP contribution in [0.5, 0.6) is 0 Å². The number of ether oxygens (including phenoxy) is 1. The van der Waals surface area contributed by atoms with Gasteiger partial charge in [0.15, 0.2) is 5.82 Å². The number of hydrogen-bond donors (Lipinski definition) is 3. The van der Waals surface area contributed by atoms with E-state index in [4.69, 9.17) is 4.74 Å². The topological polar surface area (TPSA) is 119 Å². The van der Waals surface area contributed by atoms with Crippen molar-refractivity contribution in [3.8, 4) is 0 Å². The molecule has 2 heterocycles. The summed E-state index contributed by atoms with van der Waals surface area (Å²) in [5.74, 6) is -0.409. The number of carbonyl (C=O) groups excluding carboxylic acids is 3. The van der Waals surface area contributed by atoms with E-state index < -0.39 is 17.6 Å². The van der Waals surface area contributed by atoms with Crippen molar-refractivity contribution in [3.05, 3.63) is 66.5 Å². The number of amides is 3. The van der Waals surface area contributed by atoms with E-state index in [9.17, 15) is 14.4 Å². The molecule has 0 spiro atoms. The molecule has 2 aromatic heterocycles. The fourth-order valence-electron chi connectivity index (χ4n) is 3.29. The van der Waals surface area contributed by atoms with Gasteiger partial charge in [-0.1, -0.05) is 40.8 Å². The van der Waals surface area contributed by atoms with Crippen molar-refractivity contribution in [2.45, 2.75) is 45.0 Å². The highest BCUT2D eigenvalue weighted by Gasteiger charge is 2.22. The molecule has 12 heteroatoms. The number of carbonyl (C=O) groups is 3. The molecule has 3 amide bonds. The Hall–Kier alpha value is -3.38. The molecule has 0 aliphatic heterocycles. The standard InChI is InChI=1S/C27H38N6O4S2/c1-17(19-13-20(32(8)14-19)23(34)28-16-27(6,7)39-38-10)11-12-18(2)29-24(35)22-30-21(15-33(22)9)31-25(36)37-26(3,4)5/h11-15H,1-2,16H2,3-10H3,(H,28,34)(H,29,35)(H,31,36)/b12-11-. The van der Waals surface area contributed by atoms with Crippen molar-refractivity contribution in [3.63, 3.8) is 0 Å². The van der Waals surface area contributed by atoms with E-state index in [0.29, 0.717) is 23.5 Å². The molecule has 0 saturated heterocycles. The number of aryl methyl sites for hydroxylation is 2. The monoisotopic (exact) mass is 574 g/mol. The van der Waals surface area contributed by atoms with E-state index in [0.717, 1.165) is 5.56 Å². The van der Waals surface area contributed by atoms with Crippen LogP contribution >= 0.6 is 21.6 Å². The molecule has 0 aliphatic carbocycles. The van der Waals surface area contributed by atoms with Gasteiger partial charge >= 0.3 is 6.09 Å². The lowest BCUT2D eigenvalue weighted by atomic mass is 10.1. The molecule has 10 nitrogen and oxygen atoms in total. The van der Waals surface area contributed by atoms with Crippen molar-refractivity contribution < 1.29 is 19.1 Å². The fourth-order valence-corrected chi connectivity index (χ4v) is 5.40. The normalized spacial score (nSPS) is 11.8. The summed E-state index contributed by atoms with van der Waals surface area (Å²) in [6.45, 7) is 17.9. The molecule has 2 rings (SSSR count). The van der Waals surface area contributed by atoms with Gasteiger partial charge < -0.3 is 24.5 Å². The number of allylic oxidation sites excluding steroid dienone is 3. The molecule has 0 saturated carbocycles. The number of anilines is 1. The minimum Gasteiger partial charge on any atom is -0.444 e. The highest BCUT2D eigenvalue weighted by atomic mass is 33.1. The fraction of sp³-hybridized carbons (Fsp3) is 0.407. The minimum absolute atomic E-state index is 0.0762. The molecule has 39 heavy (non-hydrogen) atoms. The van der Waals surface area contributed by atoms with Crippen LogP contribution in [-0.4, -0.2) is 55.2 Å². The summed E-state index contributed by atoms with van der Waals surface area (Å²) in [5, 5.41) is 8.16. The van der Waals surface area contributed by atoms with Gasteiger partial charge in [-0.05, 0) is 64.2 Å². The van der Waals surface area contributed by atoms with Gasteiger partial charge in [0.25, 0.3) is 11.8 Å². The first-order valence-electron chi connectivity index (χ1n) is 12.1. The molecule has 0 radical (unpaired) electrons. The summed E-state index contributed by atoms with van der Waals surface area (Å²) < 4.78 is 8.34. The zero-order valence-electron chi connectivity index (χ0n) is 23.8. The SMILES string of the molecule is C=C(/C=C\C(=C)c1cc(C(=O)NCC(C)(C)SSC)n(C)c1)NC(=O)c1nc(NC(=O)OC(C)(C)C)cn1C. The molecule has 0 aliphatic rings. The van der Waals surface area contributed by atoms with Crippen molar-refractivity contribution in [2.75, 3.05) is 18.1 Å². The third-order valence-corrected chi connectivity index (χ3v) is 7.68. The number of hydrogen-bond acceptors (Lipinski definition) is 7. The Labute approximate surface area is 238 Å². The second kappa shape index (κ2) is 13.1. The quantitative estimate of drug-likeness (QED) is 0.251. The van der Waals surface area contributed by atoms with Crippen LogP contribution in [-0.2, 0) is 18.8 Å². The first kappa shape index (κ1) is 31.8. The first-order valence-corrected chi connectivity index (χ1v) is 14.6. The molecule has 212 valence electrons. The second-order valence-electron chi connectivity index (χ2n) is 10.4. The van der Waals surface area contributed by atoms with E-state index in [1.165, 1.54) is 10.8 Å². The Balaban J connectivity index is 1.98. The lowest BCUT2D eigenvalue weighted by Crippen LogP contribution is -2.36. The average molecular weight is 575 g/mol. The van der Waals surface area contributed by atoms with E-state index in [1.54, 1.807) is 79.2 Å². The van der Waals surface area contributed by atoms with Crippen molar-refractivity contribution in [1.82, 2.24) is 24.8 Å². The summed E-state index contributed by atoms with van der Waals surface area (Å²) in [4.78, 5) is 41.6. The van der Waals surface area contributed by atoms with Crippen LogP contribution in [0.4, 0.5) is 10.6 Å². The lowest BCUT2D eigenvalue weighted by molar-refractivity contribution is 0.0634. The molecule has 0 fully saturated rings. The third kappa shape index (κ3) is 10.0. The number of imidazole rings is 1. The molecule has 2 aromatic rings. The van der Waals surface area contributed by atoms with Gasteiger partial charge in [0.1, 0.15) is 11.3 Å². The van der Waals surface area contributed by atoms with E-state index in [1.807, 2.05) is 12.5 Å². The molecular weight excluding hydrogens is 536 g/mol. The van der Waals surface area contributed by atoms with Crippen LogP contribution in [0.1, 0.15) is 61.3 Å². The molecule has 0 atom stereocenters. The van der Waals surface area contributed by atoms with E-state index in [-0.39, 0.29) is 22.3 Å². The van der Waals surface area contributed by atoms with Gasteiger partial charge in [-0.3, -0.25) is 14.9 Å². The second-order valence-corrected chi connectivity index (χ2v) is 13.5. The number of rotatable bonds is 11. The Kier molecular flexibility index (Phi) is 10.7. The van der Waals surface area contributed by atoms with Crippen LogP contribution in [0, 0.1) is 0 Å². The van der Waals surface area contributed by atoms with Gasteiger partial charge in [0.2, 0.25) is 5.82 Å². The summed E-state index contributed by atoms with van der Waals surface area (Å²) >= 11 is 0. The van der Waals surface area contributed by atoms with E-state index in [2.05, 4.69) is 47.9 Å². The van der Waals surface area contributed by atoms with Crippen molar-refractivity contribution in [1.29, 1.82) is 0 Å². The third-order valence-electron chi connectivity index (χ3n) is 5.06. The van der Waals surface area contributed by atoms with Crippen molar-refractivity contribution in [2.24, 2.45) is 14.1 Å². The molecule has 3 N–H and O–H groups in total. The average Bonchev–Trinajstić information content (AvgIpc) is 3.36. The molecule has 0 bridgehead atoms. The number of aromatic nitrogens is 3. The molecular formula is C27H38N6O4S2. The summed E-state index contributed by atoms with van der Waals surface area (Å²) in [7, 11) is 6.81. The van der Waals surface area contributed by atoms with Crippen LogP contribution in [0.25, 0.3) is 5.57 Å². The summed E-state index contributed by atoms with van der Waals surface area (Å²) in [6, 6.07) is 1.77. The maximum Gasteiger partial charge on any atom is 0.413 e. The zero-order chi connectivity index (χ0) is 29.5. The summed E-state index contributed by atoms with van der Waals surface area (Å²) in [6.07, 6.45) is 7.98. The predicted molar refractivity (Wildman–Crippen MR) is 161 cm³/mol. The Bertz CT molecular complexity index is 1280. The Morgan fingerprint density at radius 1 is 1.05 bits per heavy atom. The Morgan fingerprint density at radius 3 is 2.33 bits per heavy atom. The van der Waals surface area contributed by atoms with Crippen LogP contribution in [0.3, 0.4) is 0 Å². The maximum atomic E-state index is 12.7. The molecule has 0 aromatic carbocycles. The largest absolute Gasteiger partial charge is 0.444 e. The van der Waals surface area contributed by atoms with Gasteiger partial charge in [-0.15, -0.1) is 0 Å². The maximum absolute atomic E-state index is 12.7. The highest BCUT2D eigenvalue weighted by Crippen LogP contribution is 2.32. The number of nitrogens with zero attached hydrogens (tertiary/aromatic N) is 3.